The molecular weight excluding hydrogens is 2350 g/mol. The predicted molar refractivity (Wildman–Crippen MR) is 556 cm³/mol. The highest BCUT2D eigenvalue weighted by atomic mass is 79.9. The lowest BCUT2D eigenvalue weighted by atomic mass is 10.1. The Hall–Kier alpha value is -5.86. The summed E-state index contributed by atoms with van der Waals surface area (Å²) in [6, 6.07) is 45.6. The molecule has 32 nitrogen and oxygen atoms in total. The van der Waals surface area contributed by atoms with Gasteiger partial charge >= 0.3 is 0 Å². The largest absolute Gasteiger partial charge is 0.369 e. The molecular formula is C86H106Br8Cl2N16O16S4. The van der Waals surface area contributed by atoms with Crippen LogP contribution >= 0.6 is 151 Å². The number of hydrogen-bond donors (Lipinski definition) is 0. The summed E-state index contributed by atoms with van der Waals surface area (Å²) in [5.41, 5.74) is 7.72. The first-order valence-electron chi connectivity index (χ1n) is 42.1. The van der Waals surface area contributed by atoms with Gasteiger partial charge in [-0.25, -0.2) is 33.7 Å². The second kappa shape index (κ2) is 52.2. The monoisotopic (exact) mass is 2450 g/mol. The van der Waals surface area contributed by atoms with E-state index in [2.05, 4.69) is 159 Å². The molecule has 0 aromatic heterocycles. The summed E-state index contributed by atoms with van der Waals surface area (Å²) in [6.07, 6.45) is 0. The molecule has 4 aliphatic rings. The van der Waals surface area contributed by atoms with Crippen molar-refractivity contribution in [3.63, 3.8) is 0 Å². The van der Waals surface area contributed by atoms with E-state index >= 15 is 0 Å². The molecule has 8 aromatic rings. The topological polar surface area (TPSA) is 348 Å². The van der Waals surface area contributed by atoms with E-state index in [4.69, 9.17) is 23.2 Å². The lowest BCUT2D eigenvalue weighted by Gasteiger charge is -2.36. The summed E-state index contributed by atoms with van der Waals surface area (Å²) in [5, 5.41) is 52.5. The summed E-state index contributed by atoms with van der Waals surface area (Å²) in [5.74, 6) is 0. The molecule has 0 amide bonds. The Bertz CT molecular complexity index is 5710. The van der Waals surface area contributed by atoms with Crippen molar-refractivity contribution in [1.29, 1.82) is 0 Å². The molecule has 720 valence electrons. The zero-order chi connectivity index (χ0) is 96.4. The average Bonchev–Trinajstić information content (AvgIpc) is 0.775. The molecule has 0 spiro atoms. The fourth-order valence-electron chi connectivity index (χ4n) is 16.1. The maximum absolute atomic E-state index is 13.8. The number of sulfonamides is 4. The molecule has 0 bridgehead atoms. The van der Waals surface area contributed by atoms with Crippen molar-refractivity contribution in [1.82, 2.24) is 27.0 Å². The molecule has 4 aliphatic heterocycles. The smallest absolute Gasteiger partial charge is 0.271 e. The van der Waals surface area contributed by atoms with Crippen LogP contribution in [0.5, 0.6) is 0 Å². The number of halogens is 10. The van der Waals surface area contributed by atoms with E-state index in [9.17, 15) is 74.1 Å². The number of anilines is 6. The number of non-ortho nitro benzene ring substituents is 4. The average molecular weight is 2460 g/mol. The third kappa shape index (κ3) is 29.1. The van der Waals surface area contributed by atoms with E-state index in [1.807, 2.05) is 111 Å². The summed E-state index contributed by atoms with van der Waals surface area (Å²) in [7, 11) is -15.8. The second-order valence-electron chi connectivity index (χ2n) is 31.0. The highest BCUT2D eigenvalue weighted by Gasteiger charge is 2.40. The molecule has 0 aliphatic carbocycles. The molecule has 0 radical (unpaired) electrons. The van der Waals surface area contributed by atoms with Crippen LogP contribution in [0.25, 0.3) is 0 Å². The summed E-state index contributed by atoms with van der Waals surface area (Å²) < 4.78 is 116. The van der Waals surface area contributed by atoms with Gasteiger partial charge in [-0.05, 0) is 104 Å². The normalized spacial score (nSPS) is 15.2. The van der Waals surface area contributed by atoms with Crippen LogP contribution in [0, 0.1) is 68.2 Å². The van der Waals surface area contributed by atoms with E-state index in [1.54, 1.807) is 33.8 Å². The Morgan fingerprint density at radius 2 is 0.530 bits per heavy atom. The summed E-state index contributed by atoms with van der Waals surface area (Å²) in [4.78, 5) is 60.3. The van der Waals surface area contributed by atoms with E-state index in [0.29, 0.717) is 248 Å². The Kier molecular flexibility index (Phi) is 43.4. The molecule has 4 saturated heterocycles. The van der Waals surface area contributed by atoms with E-state index in [1.165, 1.54) is 71.3 Å². The van der Waals surface area contributed by atoms with Crippen molar-refractivity contribution < 1.29 is 53.4 Å². The van der Waals surface area contributed by atoms with Gasteiger partial charge in [0.2, 0.25) is 40.1 Å². The van der Waals surface area contributed by atoms with Gasteiger partial charge < -0.3 is 29.4 Å². The third-order valence-electron chi connectivity index (χ3n) is 22.4. The van der Waals surface area contributed by atoms with Crippen LogP contribution in [-0.4, -0.2) is 280 Å². The number of nitro groups is 4. The number of aryl methyl sites for hydroxylation is 4. The quantitative estimate of drug-likeness (QED) is 0.0197. The van der Waals surface area contributed by atoms with Gasteiger partial charge in [0.05, 0.1) is 42.4 Å². The highest BCUT2D eigenvalue weighted by Crippen LogP contribution is 2.42. The van der Waals surface area contributed by atoms with Crippen LogP contribution in [0.15, 0.2) is 177 Å². The maximum Gasteiger partial charge on any atom is 0.271 e. The summed E-state index contributed by atoms with van der Waals surface area (Å²) in [6.45, 7) is 19.8. The standard InChI is InChI=1S/C22H27Br2ClN4O4S.C22H28Br2N4O4S.C21H25Br2ClN4O4S.C21H26Br2N4O4S/c1-17-13-20(29(30)31)15-21(22(17)27(7-5-23)8-6-24)34(32,33)28-11-9-26(10-12-28)16-18-3-2-4-19(25)14-18;1-18-15-20(28(29)30)16-21(22(18)26(9-7-23)10-8-24)33(31,32)27-13-11-25(12-14-27)17-19-5-3-2-4-6-19;1-16-13-19(28(29)30)15-20(21(16)26(7-5-22)8-6-23)33(31,32)27-11-9-25(10-12-27)18-4-2-3-17(24)14-18;1-17-15-19(27(28)29)16-20(21(17)25(9-7-22)10-8-23)32(30,31)26-13-11-24(12-14-26)18-5-3-2-4-6-18/h2-4,13-15H,5-12,16H2,1H3;2-6,15-16H,7-14,17H2,1H3;2-4,13-15H,5-12H2,1H3;2-6,15-16H,7-14H2,1H3. The predicted octanol–water partition coefficient (Wildman–Crippen LogP) is 17.3. The lowest BCUT2D eigenvalue weighted by Crippen LogP contribution is -2.49. The minimum absolute atomic E-state index is 0.000684. The molecule has 4 heterocycles. The highest BCUT2D eigenvalue weighted by molar-refractivity contribution is 9.10. The molecule has 12 rings (SSSR count). The molecule has 0 unspecified atom stereocenters. The SMILES string of the molecule is Cc1cc([N+](=O)[O-])cc(S(=O)(=O)N2CCN(Cc3cccc(Cl)c3)CC2)c1N(CCBr)CCBr.Cc1cc([N+](=O)[O-])cc(S(=O)(=O)N2CCN(Cc3ccccc3)CC2)c1N(CCBr)CCBr.Cc1cc([N+](=O)[O-])cc(S(=O)(=O)N2CCN(c3cccc(Cl)c3)CC2)c1N(CCBr)CCBr.Cc1cc([N+](=O)[O-])cc(S(=O)(=O)N2CCN(c3ccccc3)CC2)c1N(CCBr)CCBr. The zero-order valence-corrected chi connectivity index (χ0v) is 90.6. The van der Waals surface area contributed by atoms with Crippen molar-refractivity contribution in [3.05, 3.63) is 242 Å². The van der Waals surface area contributed by atoms with Crippen LogP contribution in [-0.2, 0) is 53.2 Å². The van der Waals surface area contributed by atoms with Crippen LogP contribution in [0.1, 0.15) is 33.4 Å². The fourth-order valence-corrected chi connectivity index (χ4v) is 26.9. The number of alkyl halides is 8. The first-order valence-corrected chi connectivity index (χ1v) is 57.6. The minimum atomic E-state index is -3.96. The first-order chi connectivity index (χ1) is 62.9. The molecule has 46 heteroatoms. The van der Waals surface area contributed by atoms with Crippen molar-refractivity contribution >= 4 is 248 Å². The lowest BCUT2D eigenvalue weighted by molar-refractivity contribution is -0.385. The minimum Gasteiger partial charge on any atom is -0.369 e. The summed E-state index contributed by atoms with van der Waals surface area (Å²) >= 11 is 39.6. The van der Waals surface area contributed by atoms with Crippen molar-refractivity contribution in [2.45, 2.75) is 60.4 Å². The second-order valence-corrected chi connectivity index (χ2v) is 45.8. The van der Waals surface area contributed by atoms with Crippen LogP contribution in [0.4, 0.5) is 56.9 Å². The van der Waals surface area contributed by atoms with E-state index < -0.39 is 59.8 Å². The van der Waals surface area contributed by atoms with Gasteiger partial charge in [-0.15, -0.1) is 0 Å². The van der Waals surface area contributed by atoms with E-state index in [0.717, 1.165) is 23.5 Å². The van der Waals surface area contributed by atoms with Gasteiger partial charge in [0.25, 0.3) is 22.7 Å². The molecule has 0 atom stereocenters. The van der Waals surface area contributed by atoms with Crippen molar-refractivity contribution in [2.75, 3.05) is 229 Å². The van der Waals surface area contributed by atoms with Crippen LogP contribution in [0.3, 0.4) is 0 Å². The van der Waals surface area contributed by atoms with E-state index in [-0.39, 0.29) is 55.4 Å². The van der Waals surface area contributed by atoms with Crippen LogP contribution < -0.4 is 29.4 Å². The molecule has 4 fully saturated rings. The molecule has 8 aromatic carbocycles. The van der Waals surface area contributed by atoms with Crippen LogP contribution in [0.2, 0.25) is 10.0 Å². The van der Waals surface area contributed by atoms with Crippen molar-refractivity contribution in [3.8, 4) is 0 Å². The molecule has 132 heavy (non-hydrogen) atoms. The Balaban J connectivity index is 0.000000198. The first kappa shape index (κ1) is 110. The third-order valence-corrected chi connectivity index (χ3v) is 33.4. The Morgan fingerprint density at radius 3 is 0.795 bits per heavy atom. The van der Waals surface area contributed by atoms with Gasteiger partial charge in [-0.3, -0.25) is 50.3 Å². The van der Waals surface area contributed by atoms with Gasteiger partial charge in [0.1, 0.15) is 19.6 Å². The number of para-hydroxylation sites is 1. The number of piperazine rings is 4. The number of benzene rings is 8. The number of nitro benzene ring substituents is 4. The fraction of sp³-hybridized carbons (Fsp3) is 0.442. The molecule has 0 N–H and O–H groups in total. The number of rotatable bonds is 38. The Morgan fingerprint density at radius 1 is 0.295 bits per heavy atom. The molecule has 0 saturated carbocycles. The van der Waals surface area contributed by atoms with Gasteiger partial charge in [0.15, 0.2) is 0 Å². The van der Waals surface area contributed by atoms with Gasteiger partial charge in [-0.2, -0.15) is 17.2 Å². The van der Waals surface area contributed by atoms with Crippen molar-refractivity contribution in [2.24, 2.45) is 0 Å². The number of nitrogens with zero attached hydrogens (tertiary/aromatic N) is 16. The Labute approximate surface area is 850 Å². The zero-order valence-electron chi connectivity index (χ0n) is 73.2. The number of hydrogen-bond acceptors (Lipinski definition) is 24. The van der Waals surface area contributed by atoms with Gasteiger partial charge in [0, 0.05) is 283 Å². The maximum atomic E-state index is 13.8. The van der Waals surface area contributed by atoms with Gasteiger partial charge in [-0.1, -0.05) is 217 Å².